The van der Waals surface area contributed by atoms with Gasteiger partial charge in [-0.1, -0.05) is 12.1 Å². The quantitative estimate of drug-likeness (QED) is 0.557. The molecule has 0 bridgehead atoms. The van der Waals surface area contributed by atoms with Crippen LogP contribution in [-0.2, 0) is 5.41 Å². The van der Waals surface area contributed by atoms with E-state index >= 15 is 0 Å². The Morgan fingerprint density at radius 2 is 1.00 bits per heavy atom. The van der Waals surface area contributed by atoms with Crippen molar-refractivity contribution in [3.63, 3.8) is 0 Å². The second kappa shape index (κ2) is 6.06. The van der Waals surface area contributed by atoms with Crippen molar-refractivity contribution in [2.45, 2.75) is 19.3 Å². The summed E-state index contributed by atoms with van der Waals surface area (Å²) in [4.78, 5) is 9.74. The molecule has 0 radical (unpaired) electrons. The van der Waals surface area contributed by atoms with E-state index in [4.69, 9.17) is 9.97 Å². The van der Waals surface area contributed by atoms with E-state index in [9.17, 15) is 0 Å². The van der Waals surface area contributed by atoms with Crippen molar-refractivity contribution in [2.75, 3.05) is 0 Å². The first-order valence-corrected chi connectivity index (χ1v) is 8.36. The molecule has 0 aliphatic heterocycles. The Kier molecular flexibility index (Phi) is 3.73. The first kappa shape index (κ1) is 15.4. The molecule has 4 nitrogen and oxygen atoms in total. The Morgan fingerprint density at radius 3 is 1.40 bits per heavy atom. The summed E-state index contributed by atoms with van der Waals surface area (Å²) in [6.45, 7) is 4.33. The van der Waals surface area contributed by atoms with Gasteiger partial charge < -0.3 is 9.13 Å². The van der Waals surface area contributed by atoms with E-state index in [1.165, 1.54) is 0 Å². The summed E-state index contributed by atoms with van der Waals surface area (Å²) in [5.41, 5.74) is 1.69. The lowest BCUT2D eigenvalue weighted by Gasteiger charge is -2.24. The van der Waals surface area contributed by atoms with Crippen LogP contribution >= 0.6 is 0 Å². The van der Waals surface area contributed by atoms with Gasteiger partial charge in [0.15, 0.2) is 0 Å². The monoisotopic (exact) mass is 328 g/mol. The third-order valence-corrected chi connectivity index (χ3v) is 4.49. The molecule has 0 saturated carbocycles. The average molecular weight is 328 g/mol. The molecule has 0 atom stereocenters. The molecule has 0 aromatic carbocycles. The highest BCUT2D eigenvalue weighted by atomic mass is 15.1. The fraction of sp³-hybridized carbons (Fsp3) is 0.143. The minimum absolute atomic E-state index is 0.299. The SMILES string of the molecule is CC(C)(c1cccc(-n2cccc2)n1)c1cccc(-n2cccc2)n1. The molecule has 4 aromatic rings. The predicted octanol–water partition coefficient (Wildman–Crippen LogP) is 4.38. The lowest BCUT2D eigenvalue weighted by Crippen LogP contribution is -2.23. The van der Waals surface area contributed by atoms with E-state index in [1.807, 2.05) is 70.3 Å². The van der Waals surface area contributed by atoms with E-state index in [0.717, 1.165) is 23.0 Å². The first-order valence-electron chi connectivity index (χ1n) is 8.36. The molecule has 0 fully saturated rings. The minimum Gasteiger partial charge on any atom is -0.309 e. The smallest absolute Gasteiger partial charge is 0.136 e. The Labute approximate surface area is 147 Å². The lowest BCUT2D eigenvalue weighted by atomic mass is 9.84. The largest absolute Gasteiger partial charge is 0.309 e. The highest BCUT2D eigenvalue weighted by Crippen LogP contribution is 2.29. The van der Waals surface area contributed by atoms with E-state index in [0.29, 0.717) is 0 Å². The van der Waals surface area contributed by atoms with Gasteiger partial charge in [-0.15, -0.1) is 0 Å². The van der Waals surface area contributed by atoms with Crippen molar-refractivity contribution >= 4 is 0 Å². The number of pyridine rings is 2. The second-order valence-electron chi connectivity index (χ2n) is 6.57. The summed E-state index contributed by atoms with van der Waals surface area (Å²) < 4.78 is 4.03. The van der Waals surface area contributed by atoms with E-state index < -0.39 is 0 Å². The molecule has 0 amide bonds. The molecule has 25 heavy (non-hydrogen) atoms. The number of hydrogen-bond donors (Lipinski definition) is 0. The highest BCUT2D eigenvalue weighted by molar-refractivity contribution is 5.36. The third kappa shape index (κ3) is 2.87. The Morgan fingerprint density at radius 1 is 0.600 bits per heavy atom. The molecule has 0 aliphatic carbocycles. The van der Waals surface area contributed by atoms with Crippen LogP contribution in [-0.4, -0.2) is 19.1 Å². The van der Waals surface area contributed by atoms with E-state index in [1.54, 1.807) is 0 Å². The molecule has 4 heteroatoms. The zero-order valence-electron chi connectivity index (χ0n) is 14.4. The van der Waals surface area contributed by atoms with Crippen LogP contribution in [0, 0.1) is 0 Å². The van der Waals surface area contributed by atoms with Gasteiger partial charge in [-0.2, -0.15) is 0 Å². The van der Waals surface area contributed by atoms with Crippen molar-refractivity contribution in [3.05, 3.63) is 96.8 Å². The topological polar surface area (TPSA) is 35.6 Å². The fourth-order valence-electron chi connectivity index (χ4n) is 2.94. The van der Waals surface area contributed by atoms with Crippen LogP contribution in [0.15, 0.2) is 85.5 Å². The van der Waals surface area contributed by atoms with Crippen LogP contribution < -0.4 is 0 Å². The Bertz CT molecular complexity index is 887. The van der Waals surface area contributed by atoms with Crippen molar-refractivity contribution in [1.82, 2.24) is 19.1 Å². The normalized spacial score (nSPS) is 11.6. The van der Waals surface area contributed by atoms with E-state index in [2.05, 4.69) is 38.1 Å². The molecule has 0 saturated heterocycles. The summed E-state index contributed by atoms with van der Waals surface area (Å²) in [6.07, 6.45) is 8.02. The maximum Gasteiger partial charge on any atom is 0.136 e. The van der Waals surface area contributed by atoms with Crippen LogP contribution in [0.4, 0.5) is 0 Å². The third-order valence-electron chi connectivity index (χ3n) is 4.49. The van der Waals surface area contributed by atoms with Gasteiger partial charge in [0, 0.05) is 30.2 Å². The second-order valence-corrected chi connectivity index (χ2v) is 6.57. The summed E-state index contributed by atoms with van der Waals surface area (Å²) in [5.74, 6) is 1.83. The van der Waals surface area contributed by atoms with Crippen LogP contribution in [0.1, 0.15) is 25.2 Å². The number of aromatic nitrogens is 4. The van der Waals surface area contributed by atoms with Gasteiger partial charge in [0.1, 0.15) is 11.6 Å². The molecule has 0 spiro atoms. The highest BCUT2D eigenvalue weighted by Gasteiger charge is 2.27. The predicted molar refractivity (Wildman–Crippen MR) is 99.3 cm³/mol. The van der Waals surface area contributed by atoms with Gasteiger partial charge in [0.2, 0.25) is 0 Å². The number of nitrogens with zero attached hydrogens (tertiary/aromatic N) is 4. The fourth-order valence-corrected chi connectivity index (χ4v) is 2.94. The maximum absolute atomic E-state index is 4.87. The van der Waals surface area contributed by atoms with Gasteiger partial charge in [-0.25, -0.2) is 9.97 Å². The lowest BCUT2D eigenvalue weighted by molar-refractivity contribution is 0.591. The average Bonchev–Trinajstić information content (AvgIpc) is 3.36. The van der Waals surface area contributed by atoms with Crippen LogP contribution in [0.25, 0.3) is 11.6 Å². The minimum atomic E-state index is -0.299. The van der Waals surface area contributed by atoms with Crippen molar-refractivity contribution in [1.29, 1.82) is 0 Å². The van der Waals surface area contributed by atoms with Gasteiger partial charge >= 0.3 is 0 Å². The summed E-state index contributed by atoms with van der Waals surface area (Å²) in [5, 5.41) is 0. The van der Waals surface area contributed by atoms with Crippen LogP contribution in [0.2, 0.25) is 0 Å². The molecule has 0 aliphatic rings. The molecule has 124 valence electrons. The standard InChI is InChI=1S/C21H20N4/c1-21(2,17-9-7-11-19(22-17)24-13-3-4-14-24)18-10-8-12-20(23-18)25-15-5-6-16-25/h3-16H,1-2H3. The number of hydrogen-bond acceptors (Lipinski definition) is 2. The van der Waals surface area contributed by atoms with Gasteiger partial charge in [-0.3, -0.25) is 0 Å². The summed E-state index contributed by atoms with van der Waals surface area (Å²) in [7, 11) is 0. The molecular weight excluding hydrogens is 308 g/mol. The van der Waals surface area contributed by atoms with Crippen molar-refractivity contribution < 1.29 is 0 Å². The summed E-state index contributed by atoms with van der Waals surface area (Å²) >= 11 is 0. The van der Waals surface area contributed by atoms with Crippen LogP contribution in [0.5, 0.6) is 0 Å². The summed E-state index contributed by atoms with van der Waals surface area (Å²) in [6, 6.07) is 20.3. The maximum atomic E-state index is 4.87. The molecule has 0 unspecified atom stereocenters. The first-order chi connectivity index (χ1) is 12.1. The molecule has 4 aromatic heterocycles. The molecule has 4 heterocycles. The van der Waals surface area contributed by atoms with E-state index in [-0.39, 0.29) is 5.41 Å². The molecule has 0 N–H and O–H groups in total. The molecular formula is C21H20N4. The van der Waals surface area contributed by atoms with Crippen molar-refractivity contribution in [3.8, 4) is 11.6 Å². The Hall–Kier alpha value is -3.14. The Balaban J connectivity index is 1.75. The van der Waals surface area contributed by atoms with Gasteiger partial charge in [0.05, 0.1) is 11.4 Å². The number of rotatable bonds is 4. The van der Waals surface area contributed by atoms with Crippen molar-refractivity contribution in [2.24, 2.45) is 0 Å². The molecule has 4 rings (SSSR count). The van der Waals surface area contributed by atoms with Gasteiger partial charge in [0.25, 0.3) is 0 Å². The van der Waals surface area contributed by atoms with Gasteiger partial charge in [-0.05, 0) is 62.4 Å². The van der Waals surface area contributed by atoms with Crippen LogP contribution in [0.3, 0.4) is 0 Å². The zero-order chi connectivity index (χ0) is 17.3. The zero-order valence-corrected chi connectivity index (χ0v) is 14.4.